The minimum atomic E-state index is -0.0525. The standard InChI is InChI=1S/C14H20ClNO2/c1-3-9(4-2)14(16)10-7-12-13(8-11(10)15)18-6-5-17-12/h7-9,14H,3-6,16H2,1-2H3. The van der Waals surface area contributed by atoms with Gasteiger partial charge < -0.3 is 15.2 Å². The number of benzene rings is 1. The maximum atomic E-state index is 6.31. The zero-order chi connectivity index (χ0) is 13.1. The van der Waals surface area contributed by atoms with Crippen molar-refractivity contribution >= 4 is 11.6 Å². The van der Waals surface area contributed by atoms with E-state index in [0.29, 0.717) is 29.9 Å². The average molecular weight is 270 g/mol. The quantitative estimate of drug-likeness (QED) is 0.909. The molecule has 18 heavy (non-hydrogen) atoms. The van der Waals surface area contributed by atoms with Crippen LogP contribution >= 0.6 is 11.6 Å². The molecule has 2 rings (SSSR count). The fourth-order valence-corrected chi connectivity index (χ4v) is 2.67. The van der Waals surface area contributed by atoms with Crippen LogP contribution in [0.15, 0.2) is 12.1 Å². The molecule has 2 N–H and O–H groups in total. The first-order valence-electron chi connectivity index (χ1n) is 6.52. The van der Waals surface area contributed by atoms with Gasteiger partial charge in [-0.25, -0.2) is 0 Å². The van der Waals surface area contributed by atoms with Gasteiger partial charge in [-0.05, 0) is 17.5 Å². The molecule has 0 saturated heterocycles. The summed E-state index contributed by atoms with van der Waals surface area (Å²) in [5, 5.41) is 0.665. The van der Waals surface area contributed by atoms with Gasteiger partial charge in [0.2, 0.25) is 0 Å². The Morgan fingerprint density at radius 3 is 2.28 bits per heavy atom. The highest BCUT2D eigenvalue weighted by molar-refractivity contribution is 6.31. The van der Waals surface area contributed by atoms with Gasteiger partial charge in [0.1, 0.15) is 13.2 Å². The Balaban J connectivity index is 2.32. The zero-order valence-electron chi connectivity index (χ0n) is 10.9. The molecule has 1 aliphatic rings. The Morgan fingerprint density at radius 2 is 1.72 bits per heavy atom. The molecular weight excluding hydrogens is 250 g/mol. The molecule has 100 valence electrons. The second-order valence-electron chi connectivity index (χ2n) is 4.62. The average Bonchev–Trinajstić information content (AvgIpc) is 2.39. The third kappa shape index (κ3) is 2.57. The van der Waals surface area contributed by atoms with Crippen molar-refractivity contribution in [3.8, 4) is 11.5 Å². The molecule has 0 aliphatic carbocycles. The summed E-state index contributed by atoms with van der Waals surface area (Å²) >= 11 is 6.30. The van der Waals surface area contributed by atoms with Crippen molar-refractivity contribution in [3.05, 3.63) is 22.7 Å². The van der Waals surface area contributed by atoms with E-state index in [2.05, 4.69) is 13.8 Å². The first-order chi connectivity index (χ1) is 8.67. The van der Waals surface area contributed by atoms with Crippen LogP contribution in [0.4, 0.5) is 0 Å². The van der Waals surface area contributed by atoms with Crippen LogP contribution in [0.2, 0.25) is 5.02 Å². The molecule has 0 saturated carbocycles. The van der Waals surface area contributed by atoms with Gasteiger partial charge in [-0.3, -0.25) is 0 Å². The fourth-order valence-electron chi connectivity index (χ4n) is 2.39. The summed E-state index contributed by atoms with van der Waals surface area (Å²) in [5.41, 5.74) is 7.27. The number of halogens is 1. The van der Waals surface area contributed by atoms with Crippen LogP contribution in [0, 0.1) is 5.92 Å². The van der Waals surface area contributed by atoms with E-state index in [1.54, 1.807) is 0 Å². The molecule has 1 atom stereocenters. The van der Waals surface area contributed by atoms with Crippen LogP contribution in [0.3, 0.4) is 0 Å². The molecule has 0 fully saturated rings. The molecular formula is C14H20ClNO2. The number of nitrogens with two attached hydrogens (primary N) is 1. The van der Waals surface area contributed by atoms with Crippen LogP contribution in [0.1, 0.15) is 38.3 Å². The first kappa shape index (κ1) is 13.5. The summed E-state index contributed by atoms with van der Waals surface area (Å²) < 4.78 is 11.1. The maximum absolute atomic E-state index is 6.31. The monoisotopic (exact) mass is 269 g/mol. The molecule has 1 aromatic rings. The molecule has 0 radical (unpaired) electrons. The predicted molar refractivity (Wildman–Crippen MR) is 73.4 cm³/mol. The molecule has 1 unspecified atom stereocenters. The fraction of sp³-hybridized carbons (Fsp3) is 0.571. The van der Waals surface area contributed by atoms with E-state index in [4.69, 9.17) is 26.8 Å². The Morgan fingerprint density at radius 1 is 1.17 bits per heavy atom. The number of rotatable bonds is 4. The molecule has 0 amide bonds. The van der Waals surface area contributed by atoms with E-state index in [9.17, 15) is 0 Å². The lowest BCUT2D eigenvalue weighted by Gasteiger charge is -2.25. The lowest BCUT2D eigenvalue weighted by atomic mass is 9.89. The van der Waals surface area contributed by atoms with Gasteiger partial charge in [0.25, 0.3) is 0 Å². The highest BCUT2D eigenvalue weighted by Crippen LogP contribution is 2.39. The second-order valence-corrected chi connectivity index (χ2v) is 5.03. The number of fused-ring (bicyclic) bond motifs is 1. The minimum absolute atomic E-state index is 0.0525. The van der Waals surface area contributed by atoms with Crippen LogP contribution in [-0.2, 0) is 0 Å². The van der Waals surface area contributed by atoms with Crippen LogP contribution in [0.5, 0.6) is 11.5 Å². The van der Waals surface area contributed by atoms with E-state index in [1.807, 2.05) is 12.1 Å². The smallest absolute Gasteiger partial charge is 0.162 e. The number of hydrogen-bond acceptors (Lipinski definition) is 3. The van der Waals surface area contributed by atoms with Crippen LogP contribution in [0.25, 0.3) is 0 Å². The molecule has 1 aromatic carbocycles. The second kappa shape index (κ2) is 5.81. The molecule has 3 nitrogen and oxygen atoms in total. The van der Waals surface area contributed by atoms with E-state index in [0.717, 1.165) is 24.2 Å². The molecule has 0 bridgehead atoms. The summed E-state index contributed by atoms with van der Waals surface area (Å²) in [5.74, 6) is 1.90. The Kier molecular flexibility index (Phi) is 4.36. The Hall–Kier alpha value is -0.930. The third-order valence-electron chi connectivity index (χ3n) is 3.58. The molecule has 4 heteroatoms. The zero-order valence-corrected chi connectivity index (χ0v) is 11.7. The van der Waals surface area contributed by atoms with Crippen molar-refractivity contribution in [2.24, 2.45) is 11.7 Å². The van der Waals surface area contributed by atoms with E-state index in [-0.39, 0.29) is 6.04 Å². The van der Waals surface area contributed by atoms with Crippen molar-refractivity contribution in [1.29, 1.82) is 0 Å². The summed E-state index contributed by atoms with van der Waals surface area (Å²) in [6.07, 6.45) is 2.09. The van der Waals surface area contributed by atoms with Crippen molar-refractivity contribution in [1.82, 2.24) is 0 Å². The van der Waals surface area contributed by atoms with E-state index >= 15 is 0 Å². The van der Waals surface area contributed by atoms with Gasteiger partial charge in [0.05, 0.1) is 0 Å². The van der Waals surface area contributed by atoms with Crippen LogP contribution in [-0.4, -0.2) is 13.2 Å². The lowest BCUT2D eigenvalue weighted by Crippen LogP contribution is -2.22. The van der Waals surface area contributed by atoms with E-state index < -0.39 is 0 Å². The Labute approximate surface area is 113 Å². The topological polar surface area (TPSA) is 44.5 Å². The number of ether oxygens (including phenoxy) is 2. The predicted octanol–water partition coefficient (Wildman–Crippen LogP) is 3.55. The largest absolute Gasteiger partial charge is 0.486 e. The first-order valence-corrected chi connectivity index (χ1v) is 6.89. The highest BCUT2D eigenvalue weighted by atomic mass is 35.5. The van der Waals surface area contributed by atoms with Gasteiger partial charge in [0.15, 0.2) is 11.5 Å². The molecule has 1 heterocycles. The van der Waals surface area contributed by atoms with Crippen molar-refractivity contribution < 1.29 is 9.47 Å². The minimum Gasteiger partial charge on any atom is -0.486 e. The van der Waals surface area contributed by atoms with E-state index in [1.165, 1.54) is 0 Å². The summed E-state index contributed by atoms with van der Waals surface area (Å²) in [4.78, 5) is 0. The van der Waals surface area contributed by atoms with Gasteiger partial charge >= 0.3 is 0 Å². The van der Waals surface area contributed by atoms with Gasteiger partial charge in [-0.2, -0.15) is 0 Å². The van der Waals surface area contributed by atoms with Crippen LogP contribution < -0.4 is 15.2 Å². The summed E-state index contributed by atoms with van der Waals surface area (Å²) in [7, 11) is 0. The molecule has 0 aromatic heterocycles. The molecule has 1 aliphatic heterocycles. The number of hydrogen-bond donors (Lipinski definition) is 1. The van der Waals surface area contributed by atoms with Crippen molar-refractivity contribution in [2.45, 2.75) is 32.7 Å². The van der Waals surface area contributed by atoms with Gasteiger partial charge in [-0.1, -0.05) is 38.3 Å². The summed E-state index contributed by atoms with van der Waals surface area (Å²) in [6.45, 7) is 5.45. The molecule has 0 spiro atoms. The van der Waals surface area contributed by atoms with Crippen molar-refractivity contribution in [3.63, 3.8) is 0 Å². The van der Waals surface area contributed by atoms with Gasteiger partial charge in [0, 0.05) is 17.1 Å². The SMILES string of the molecule is CCC(CC)C(N)c1cc2c(cc1Cl)OCCO2. The Bertz CT molecular complexity index is 419. The normalized spacial score (nSPS) is 15.8. The maximum Gasteiger partial charge on any atom is 0.162 e. The van der Waals surface area contributed by atoms with Crippen molar-refractivity contribution in [2.75, 3.05) is 13.2 Å². The summed E-state index contributed by atoms with van der Waals surface area (Å²) in [6, 6.07) is 3.69. The van der Waals surface area contributed by atoms with Gasteiger partial charge in [-0.15, -0.1) is 0 Å². The highest BCUT2D eigenvalue weighted by Gasteiger charge is 2.22. The third-order valence-corrected chi connectivity index (χ3v) is 3.90. The lowest BCUT2D eigenvalue weighted by molar-refractivity contribution is 0.171.